The van der Waals surface area contributed by atoms with E-state index in [1.165, 1.54) is 19.1 Å². The molecular formula is C13H28N2O2S. The molecule has 2 unspecified atom stereocenters. The van der Waals surface area contributed by atoms with E-state index >= 15 is 0 Å². The molecule has 0 aromatic heterocycles. The predicted molar refractivity (Wildman–Crippen MR) is 76.6 cm³/mol. The zero-order chi connectivity index (χ0) is 13.8. The quantitative estimate of drug-likeness (QED) is 0.790. The first-order valence-corrected chi connectivity index (χ1v) is 9.04. The zero-order valence-corrected chi connectivity index (χ0v) is 13.0. The van der Waals surface area contributed by atoms with E-state index in [1.54, 1.807) is 0 Å². The monoisotopic (exact) mass is 276 g/mol. The third kappa shape index (κ3) is 5.24. The number of hydrogen-bond acceptors (Lipinski definition) is 4. The van der Waals surface area contributed by atoms with E-state index < -0.39 is 9.84 Å². The minimum absolute atomic E-state index is 0.273. The van der Waals surface area contributed by atoms with Crippen LogP contribution < -0.4 is 5.32 Å². The molecule has 0 aromatic rings. The average Bonchev–Trinajstić information content (AvgIpc) is 2.25. The topological polar surface area (TPSA) is 49.4 Å². The van der Waals surface area contributed by atoms with E-state index in [0.717, 1.165) is 13.1 Å². The molecule has 1 aliphatic heterocycles. The molecule has 1 aliphatic rings. The van der Waals surface area contributed by atoms with Crippen molar-refractivity contribution in [2.75, 3.05) is 31.6 Å². The van der Waals surface area contributed by atoms with Crippen LogP contribution in [0.2, 0.25) is 0 Å². The van der Waals surface area contributed by atoms with Crippen molar-refractivity contribution in [1.29, 1.82) is 0 Å². The summed E-state index contributed by atoms with van der Waals surface area (Å²) in [5.41, 5.74) is 0. The molecule has 4 nitrogen and oxygen atoms in total. The number of nitrogens with zero attached hydrogens (tertiary/aromatic N) is 1. The first kappa shape index (κ1) is 15.9. The first-order valence-electron chi connectivity index (χ1n) is 6.98. The number of piperazine rings is 1. The maximum atomic E-state index is 11.3. The van der Waals surface area contributed by atoms with Crippen molar-refractivity contribution in [3.63, 3.8) is 0 Å². The summed E-state index contributed by atoms with van der Waals surface area (Å²) in [7, 11) is -2.86. The van der Waals surface area contributed by atoms with Crippen LogP contribution in [-0.4, -0.2) is 57.0 Å². The Labute approximate surface area is 112 Å². The minimum atomic E-state index is -2.86. The number of rotatable bonds is 6. The second-order valence-electron chi connectivity index (χ2n) is 5.83. The second-order valence-corrected chi connectivity index (χ2v) is 8.09. The Kier molecular flexibility index (Phi) is 6.08. The highest BCUT2D eigenvalue weighted by Crippen LogP contribution is 2.16. The Morgan fingerprint density at radius 3 is 2.56 bits per heavy atom. The lowest BCUT2D eigenvalue weighted by Crippen LogP contribution is -2.58. The van der Waals surface area contributed by atoms with Gasteiger partial charge in [0.15, 0.2) is 0 Å². The van der Waals surface area contributed by atoms with Crippen LogP contribution in [0.5, 0.6) is 0 Å². The largest absolute Gasteiger partial charge is 0.311 e. The molecule has 0 radical (unpaired) electrons. The second kappa shape index (κ2) is 6.87. The van der Waals surface area contributed by atoms with Crippen molar-refractivity contribution in [2.45, 2.75) is 45.7 Å². The van der Waals surface area contributed by atoms with Gasteiger partial charge < -0.3 is 5.32 Å². The van der Waals surface area contributed by atoms with Gasteiger partial charge in [0.2, 0.25) is 0 Å². The fourth-order valence-electron chi connectivity index (χ4n) is 2.64. The van der Waals surface area contributed by atoms with E-state index in [0.29, 0.717) is 24.5 Å². The van der Waals surface area contributed by atoms with Crippen LogP contribution in [0, 0.1) is 5.92 Å². The third-order valence-electron chi connectivity index (χ3n) is 3.70. The van der Waals surface area contributed by atoms with Crippen LogP contribution in [-0.2, 0) is 9.84 Å². The molecule has 0 saturated carbocycles. The SMILES string of the molecule is CCCC1CN(CCS(C)(=O)=O)C(C(C)C)CN1. The van der Waals surface area contributed by atoms with Gasteiger partial charge >= 0.3 is 0 Å². The van der Waals surface area contributed by atoms with Gasteiger partial charge in [-0.3, -0.25) is 4.90 Å². The maximum absolute atomic E-state index is 11.3. The van der Waals surface area contributed by atoms with E-state index in [4.69, 9.17) is 0 Å². The van der Waals surface area contributed by atoms with Gasteiger partial charge in [0.25, 0.3) is 0 Å². The highest BCUT2D eigenvalue weighted by molar-refractivity contribution is 7.90. The Bertz CT molecular complexity index is 341. The van der Waals surface area contributed by atoms with Crippen molar-refractivity contribution in [1.82, 2.24) is 10.2 Å². The first-order chi connectivity index (χ1) is 8.33. The Balaban J connectivity index is 2.60. The van der Waals surface area contributed by atoms with Gasteiger partial charge in [-0.25, -0.2) is 8.42 Å². The van der Waals surface area contributed by atoms with E-state index in [1.807, 2.05) is 0 Å². The van der Waals surface area contributed by atoms with Gasteiger partial charge in [0, 0.05) is 38.0 Å². The lowest BCUT2D eigenvalue weighted by molar-refractivity contribution is 0.102. The molecule has 1 rings (SSSR count). The van der Waals surface area contributed by atoms with Crippen molar-refractivity contribution in [3.8, 4) is 0 Å². The molecule has 1 N–H and O–H groups in total. The molecule has 1 saturated heterocycles. The molecule has 0 aliphatic carbocycles. The molecule has 1 fully saturated rings. The third-order valence-corrected chi connectivity index (χ3v) is 4.62. The smallest absolute Gasteiger partial charge is 0.148 e. The maximum Gasteiger partial charge on any atom is 0.148 e. The highest BCUT2D eigenvalue weighted by atomic mass is 32.2. The number of sulfone groups is 1. The minimum Gasteiger partial charge on any atom is -0.311 e. The molecule has 5 heteroatoms. The molecule has 0 amide bonds. The molecule has 0 aromatic carbocycles. The fraction of sp³-hybridized carbons (Fsp3) is 1.00. The molecule has 1 heterocycles. The van der Waals surface area contributed by atoms with Crippen LogP contribution in [0.1, 0.15) is 33.6 Å². The Hall–Kier alpha value is -0.130. The van der Waals surface area contributed by atoms with E-state index in [9.17, 15) is 8.42 Å². The van der Waals surface area contributed by atoms with Crippen molar-refractivity contribution >= 4 is 9.84 Å². The summed E-state index contributed by atoms with van der Waals surface area (Å²) in [6, 6.07) is 0.976. The van der Waals surface area contributed by atoms with Gasteiger partial charge in [0.05, 0.1) is 5.75 Å². The number of nitrogens with one attached hydrogen (secondary N) is 1. The lowest BCUT2D eigenvalue weighted by atomic mass is 9.97. The normalized spacial score (nSPS) is 26.7. The standard InChI is InChI=1S/C13H28N2O2S/c1-5-6-12-10-15(7-8-18(4,16)17)13(9-14-12)11(2)3/h11-14H,5-10H2,1-4H3. The van der Waals surface area contributed by atoms with E-state index in [2.05, 4.69) is 31.0 Å². The average molecular weight is 276 g/mol. The predicted octanol–water partition coefficient (Wildman–Crippen LogP) is 1.13. The summed E-state index contributed by atoms with van der Waals surface area (Å²) < 4.78 is 22.6. The van der Waals surface area contributed by atoms with Crippen molar-refractivity contribution in [3.05, 3.63) is 0 Å². The molecule has 18 heavy (non-hydrogen) atoms. The van der Waals surface area contributed by atoms with Crippen LogP contribution in [0.15, 0.2) is 0 Å². The molecule has 2 atom stereocenters. The molecular weight excluding hydrogens is 248 g/mol. The van der Waals surface area contributed by atoms with Gasteiger partial charge in [-0.15, -0.1) is 0 Å². The van der Waals surface area contributed by atoms with Gasteiger partial charge in [-0.1, -0.05) is 27.2 Å². The molecule has 108 valence electrons. The van der Waals surface area contributed by atoms with Gasteiger partial charge in [-0.2, -0.15) is 0 Å². The fourth-order valence-corrected chi connectivity index (χ4v) is 3.21. The lowest BCUT2D eigenvalue weighted by Gasteiger charge is -2.42. The molecule has 0 spiro atoms. The summed E-state index contributed by atoms with van der Waals surface area (Å²) in [4.78, 5) is 2.36. The summed E-state index contributed by atoms with van der Waals surface area (Å²) in [5.74, 6) is 0.828. The van der Waals surface area contributed by atoms with Crippen molar-refractivity contribution < 1.29 is 8.42 Å². The highest BCUT2D eigenvalue weighted by Gasteiger charge is 2.29. The van der Waals surface area contributed by atoms with Crippen LogP contribution in [0.4, 0.5) is 0 Å². The summed E-state index contributed by atoms with van der Waals surface area (Å²) in [6.45, 7) is 9.23. The van der Waals surface area contributed by atoms with Crippen molar-refractivity contribution in [2.24, 2.45) is 5.92 Å². The van der Waals surface area contributed by atoms with Crippen LogP contribution in [0.25, 0.3) is 0 Å². The summed E-state index contributed by atoms with van der Waals surface area (Å²) >= 11 is 0. The van der Waals surface area contributed by atoms with Crippen LogP contribution in [0.3, 0.4) is 0 Å². The Morgan fingerprint density at radius 2 is 2.06 bits per heavy atom. The summed E-state index contributed by atoms with van der Waals surface area (Å²) in [6.07, 6.45) is 3.66. The number of hydrogen-bond donors (Lipinski definition) is 1. The van der Waals surface area contributed by atoms with Gasteiger partial charge in [0.1, 0.15) is 9.84 Å². The van der Waals surface area contributed by atoms with Gasteiger partial charge in [-0.05, 0) is 12.3 Å². The zero-order valence-electron chi connectivity index (χ0n) is 12.1. The summed E-state index contributed by atoms with van der Waals surface area (Å²) in [5, 5.41) is 3.59. The van der Waals surface area contributed by atoms with E-state index in [-0.39, 0.29) is 5.75 Å². The molecule has 0 bridgehead atoms. The Morgan fingerprint density at radius 1 is 1.39 bits per heavy atom. The van der Waals surface area contributed by atoms with Crippen LogP contribution >= 0.6 is 0 Å².